The second kappa shape index (κ2) is 9.94. The SMILES string of the molecule is CCC(C)c1ccc(OC(=O)CCCOc2cccc3c(S(=O)(=O)[O-])cccc23)cc1. The van der Waals surface area contributed by atoms with Gasteiger partial charge in [-0.25, -0.2) is 8.42 Å². The Morgan fingerprint density at radius 1 is 1.00 bits per heavy atom. The average Bonchev–Trinajstić information content (AvgIpc) is 2.75. The van der Waals surface area contributed by atoms with Crippen molar-refractivity contribution in [3.63, 3.8) is 0 Å². The van der Waals surface area contributed by atoms with E-state index >= 15 is 0 Å². The second-order valence-corrected chi connectivity index (χ2v) is 8.71. The highest BCUT2D eigenvalue weighted by molar-refractivity contribution is 7.86. The first-order valence-electron chi connectivity index (χ1n) is 10.2. The fraction of sp³-hybridized carbons (Fsp3) is 0.292. The molecule has 1 unspecified atom stereocenters. The van der Waals surface area contributed by atoms with E-state index in [2.05, 4.69) is 13.8 Å². The molecule has 0 aliphatic heterocycles. The highest BCUT2D eigenvalue weighted by Crippen LogP contribution is 2.30. The summed E-state index contributed by atoms with van der Waals surface area (Å²) in [7, 11) is -4.59. The van der Waals surface area contributed by atoms with Crippen LogP contribution in [0.2, 0.25) is 0 Å². The first-order chi connectivity index (χ1) is 14.8. The fourth-order valence-electron chi connectivity index (χ4n) is 3.28. The third-order valence-corrected chi connectivity index (χ3v) is 6.08. The van der Waals surface area contributed by atoms with Gasteiger partial charge in [0.25, 0.3) is 0 Å². The van der Waals surface area contributed by atoms with Gasteiger partial charge in [0.05, 0.1) is 11.5 Å². The number of carbonyl (C=O) groups excluding carboxylic acids is 1. The summed E-state index contributed by atoms with van der Waals surface area (Å²) >= 11 is 0. The van der Waals surface area contributed by atoms with Gasteiger partial charge in [0.1, 0.15) is 21.6 Å². The molecule has 31 heavy (non-hydrogen) atoms. The molecular formula is C24H25O6S-. The van der Waals surface area contributed by atoms with Crippen molar-refractivity contribution in [1.29, 1.82) is 0 Å². The van der Waals surface area contributed by atoms with Crippen molar-refractivity contribution >= 4 is 26.9 Å². The Balaban J connectivity index is 1.55. The van der Waals surface area contributed by atoms with Crippen molar-refractivity contribution < 1.29 is 27.2 Å². The monoisotopic (exact) mass is 441 g/mol. The number of carbonyl (C=O) groups is 1. The number of ether oxygens (including phenoxy) is 2. The van der Waals surface area contributed by atoms with E-state index in [0.29, 0.717) is 34.6 Å². The van der Waals surface area contributed by atoms with E-state index in [1.165, 1.54) is 17.7 Å². The van der Waals surface area contributed by atoms with Crippen LogP contribution in [0.4, 0.5) is 0 Å². The zero-order valence-electron chi connectivity index (χ0n) is 17.5. The molecule has 1 atom stereocenters. The third-order valence-electron chi connectivity index (χ3n) is 5.19. The largest absolute Gasteiger partial charge is 0.744 e. The molecule has 0 spiro atoms. The van der Waals surface area contributed by atoms with Crippen LogP contribution in [0.15, 0.2) is 65.6 Å². The molecule has 0 aromatic heterocycles. The molecule has 0 aliphatic rings. The van der Waals surface area contributed by atoms with Crippen LogP contribution in [0.1, 0.15) is 44.6 Å². The lowest BCUT2D eigenvalue weighted by atomic mass is 9.99. The van der Waals surface area contributed by atoms with Crippen molar-refractivity contribution in [2.45, 2.75) is 43.9 Å². The van der Waals surface area contributed by atoms with Crippen molar-refractivity contribution in [3.05, 3.63) is 66.2 Å². The first kappa shape index (κ1) is 22.8. The average molecular weight is 442 g/mol. The predicted octanol–water partition coefficient (Wildman–Crippen LogP) is 5.02. The van der Waals surface area contributed by atoms with Crippen LogP contribution in [0.25, 0.3) is 10.8 Å². The lowest BCUT2D eigenvalue weighted by molar-refractivity contribution is -0.134. The molecule has 0 N–H and O–H groups in total. The molecule has 0 bridgehead atoms. The standard InChI is InChI=1S/C24H26O6S/c1-3-17(2)18-12-14-19(15-13-18)30-24(25)11-6-16-29-22-9-4-8-21-20(22)7-5-10-23(21)31(26,27)28/h4-5,7-10,12-15,17H,3,6,11,16H2,1-2H3,(H,26,27,28)/p-1. The smallest absolute Gasteiger partial charge is 0.311 e. The number of hydrogen-bond acceptors (Lipinski definition) is 6. The summed E-state index contributed by atoms with van der Waals surface area (Å²) in [5, 5.41) is 0.846. The van der Waals surface area contributed by atoms with E-state index in [0.717, 1.165) is 6.42 Å². The molecule has 3 rings (SSSR count). The summed E-state index contributed by atoms with van der Waals surface area (Å²) in [5.74, 6) is 1.08. The number of esters is 1. The second-order valence-electron chi connectivity index (χ2n) is 7.37. The van der Waals surface area contributed by atoms with E-state index in [4.69, 9.17) is 9.47 Å². The predicted molar refractivity (Wildman–Crippen MR) is 117 cm³/mol. The first-order valence-corrected chi connectivity index (χ1v) is 11.6. The Morgan fingerprint density at radius 3 is 2.35 bits per heavy atom. The summed E-state index contributed by atoms with van der Waals surface area (Å²) in [4.78, 5) is 11.8. The van der Waals surface area contributed by atoms with Crippen LogP contribution in [0, 0.1) is 0 Å². The van der Waals surface area contributed by atoms with E-state index in [1.54, 1.807) is 36.4 Å². The van der Waals surface area contributed by atoms with Crippen molar-refractivity contribution in [3.8, 4) is 11.5 Å². The summed E-state index contributed by atoms with van der Waals surface area (Å²) in [6.07, 6.45) is 1.65. The highest BCUT2D eigenvalue weighted by Gasteiger charge is 2.11. The van der Waals surface area contributed by atoms with Gasteiger partial charge in [0.15, 0.2) is 0 Å². The van der Waals surface area contributed by atoms with Gasteiger partial charge in [-0.1, -0.05) is 50.2 Å². The van der Waals surface area contributed by atoms with Gasteiger partial charge in [-0.05, 0) is 48.6 Å². The summed E-state index contributed by atoms with van der Waals surface area (Å²) in [6, 6.07) is 16.9. The molecule has 0 amide bonds. The van der Waals surface area contributed by atoms with Gasteiger partial charge in [0, 0.05) is 17.2 Å². The Bertz CT molecular complexity index is 1150. The number of benzene rings is 3. The summed E-state index contributed by atoms with van der Waals surface area (Å²) in [5.41, 5.74) is 1.21. The molecule has 3 aromatic carbocycles. The molecule has 164 valence electrons. The van der Waals surface area contributed by atoms with Gasteiger partial charge in [0.2, 0.25) is 0 Å². The quantitative estimate of drug-likeness (QED) is 0.200. The normalized spacial score (nSPS) is 12.5. The molecule has 3 aromatic rings. The van der Waals surface area contributed by atoms with Gasteiger partial charge in [-0.2, -0.15) is 0 Å². The molecule has 7 heteroatoms. The Morgan fingerprint density at radius 2 is 1.68 bits per heavy atom. The zero-order chi connectivity index (χ0) is 22.4. The molecule has 0 fully saturated rings. The number of rotatable bonds is 9. The lowest BCUT2D eigenvalue weighted by Gasteiger charge is -2.13. The van der Waals surface area contributed by atoms with Gasteiger partial charge < -0.3 is 14.0 Å². The Kier molecular flexibility index (Phi) is 7.30. The summed E-state index contributed by atoms with van der Waals surface area (Å²) in [6.45, 7) is 4.52. The Labute approximate surface area is 182 Å². The Hall–Kier alpha value is -2.90. The number of hydrogen-bond donors (Lipinski definition) is 0. The van der Waals surface area contributed by atoms with Crippen LogP contribution in [0.5, 0.6) is 11.5 Å². The maximum atomic E-state index is 12.1. The highest BCUT2D eigenvalue weighted by atomic mass is 32.2. The summed E-state index contributed by atoms with van der Waals surface area (Å²) < 4.78 is 45.5. The van der Waals surface area contributed by atoms with E-state index in [9.17, 15) is 17.8 Å². The molecular weight excluding hydrogens is 416 g/mol. The number of fused-ring (bicyclic) bond motifs is 1. The minimum Gasteiger partial charge on any atom is -0.744 e. The molecule has 6 nitrogen and oxygen atoms in total. The van der Waals surface area contributed by atoms with E-state index in [-0.39, 0.29) is 23.9 Å². The molecule has 0 saturated heterocycles. The van der Waals surface area contributed by atoms with Crippen molar-refractivity contribution in [2.24, 2.45) is 0 Å². The van der Waals surface area contributed by atoms with Crippen molar-refractivity contribution in [1.82, 2.24) is 0 Å². The van der Waals surface area contributed by atoms with Crippen molar-refractivity contribution in [2.75, 3.05) is 6.61 Å². The van der Waals surface area contributed by atoms with Gasteiger partial charge >= 0.3 is 5.97 Å². The molecule has 0 saturated carbocycles. The molecule has 0 heterocycles. The van der Waals surface area contributed by atoms with Crippen LogP contribution in [-0.2, 0) is 14.9 Å². The van der Waals surface area contributed by atoms with Crippen LogP contribution in [0.3, 0.4) is 0 Å². The van der Waals surface area contributed by atoms with E-state index in [1.807, 2.05) is 12.1 Å². The minimum absolute atomic E-state index is 0.179. The van der Waals surface area contributed by atoms with Crippen LogP contribution >= 0.6 is 0 Å². The lowest BCUT2D eigenvalue weighted by Crippen LogP contribution is -2.10. The zero-order valence-corrected chi connectivity index (χ0v) is 18.4. The van der Waals surface area contributed by atoms with Gasteiger partial charge in [-0.15, -0.1) is 0 Å². The molecule has 0 radical (unpaired) electrons. The van der Waals surface area contributed by atoms with Gasteiger partial charge in [-0.3, -0.25) is 4.79 Å². The maximum Gasteiger partial charge on any atom is 0.311 e. The third kappa shape index (κ3) is 5.83. The minimum atomic E-state index is -4.59. The van der Waals surface area contributed by atoms with Crippen LogP contribution in [-0.4, -0.2) is 25.5 Å². The van der Waals surface area contributed by atoms with Crippen LogP contribution < -0.4 is 9.47 Å². The fourth-order valence-corrected chi connectivity index (χ4v) is 3.97. The van der Waals surface area contributed by atoms with E-state index < -0.39 is 10.1 Å². The maximum absolute atomic E-state index is 12.1. The topological polar surface area (TPSA) is 92.7 Å². The molecule has 0 aliphatic carbocycles.